The van der Waals surface area contributed by atoms with Gasteiger partial charge in [-0.25, -0.2) is 4.98 Å². The van der Waals surface area contributed by atoms with Crippen molar-refractivity contribution in [2.45, 2.75) is 52.5 Å². The fourth-order valence-corrected chi connectivity index (χ4v) is 2.89. The van der Waals surface area contributed by atoms with Crippen LogP contribution in [0, 0.1) is 0 Å². The lowest BCUT2D eigenvalue weighted by molar-refractivity contribution is 0.0487. The van der Waals surface area contributed by atoms with E-state index in [0.717, 1.165) is 36.1 Å². The zero-order valence-corrected chi connectivity index (χ0v) is 19.9. The molecule has 0 bridgehead atoms. The highest BCUT2D eigenvalue weighted by Crippen LogP contribution is 2.23. The molecule has 8 heteroatoms. The lowest BCUT2D eigenvalue weighted by Crippen LogP contribution is -2.38. The van der Waals surface area contributed by atoms with Crippen molar-refractivity contribution < 1.29 is 9.47 Å². The lowest BCUT2D eigenvalue weighted by atomic mass is 9.93. The predicted octanol–water partition coefficient (Wildman–Crippen LogP) is 3.56. The molecular weight excluding hydrogens is 463 g/mol. The van der Waals surface area contributed by atoms with Crippen molar-refractivity contribution in [1.82, 2.24) is 15.6 Å². The average Bonchev–Trinajstić information content (AvgIpc) is 3.05. The summed E-state index contributed by atoms with van der Waals surface area (Å²) >= 11 is 1.68. The molecule has 0 aliphatic rings. The van der Waals surface area contributed by atoms with Crippen LogP contribution in [-0.2, 0) is 21.4 Å². The first-order valence-electron chi connectivity index (χ1n) is 9.02. The number of hydrogen-bond donors (Lipinski definition) is 2. The first kappa shape index (κ1) is 25.6. The Kier molecular flexibility index (Phi) is 14.3. The number of unbranched alkanes of at least 4 members (excludes halogenated alkanes) is 1. The molecule has 1 rings (SSSR count). The molecule has 0 radical (unpaired) electrons. The lowest BCUT2D eigenvalue weighted by Gasteiger charge is -2.14. The van der Waals surface area contributed by atoms with Gasteiger partial charge in [0.15, 0.2) is 5.96 Å². The van der Waals surface area contributed by atoms with Crippen molar-refractivity contribution in [1.29, 1.82) is 0 Å². The van der Waals surface area contributed by atoms with Crippen molar-refractivity contribution in [3.8, 4) is 0 Å². The molecule has 0 amide bonds. The van der Waals surface area contributed by atoms with Gasteiger partial charge >= 0.3 is 0 Å². The first-order valence-corrected chi connectivity index (χ1v) is 9.90. The molecule has 1 aromatic heterocycles. The fourth-order valence-electron chi connectivity index (χ4n) is 1.93. The van der Waals surface area contributed by atoms with E-state index in [0.29, 0.717) is 32.9 Å². The van der Waals surface area contributed by atoms with Crippen LogP contribution in [0.3, 0.4) is 0 Å². The minimum absolute atomic E-state index is 0. The maximum Gasteiger partial charge on any atom is 0.191 e. The zero-order valence-electron chi connectivity index (χ0n) is 16.8. The van der Waals surface area contributed by atoms with Crippen LogP contribution in [0.2, 0.25) is 0 Å². The van der Waals surface area contributed by atoms with E-state index < -0.39 is 0 Å². The third kappa shape index (κ3) is 11.3. The summed E-state index contributed by atoms with van der Waals surface area (Å²) in [6.07, 6.45) is 2.27. The molecule has 1 aromatic rings. The summed E-state index contributed by atoms with van der Waals surface area (Å²) in [5, 5.41) is 9.71. The summed E-state index contributed by atoms with van der Waals surface area (Å²) in [7, 11) is 1.76. The number of halogens is 1. The van der Waals surface area contributed by atoms with Crippen LogP contribution in [0.25, 0.3) is 0 Å². The number of aromatic nitrogens is 1. The fraction of sp³-hybridized carbons (Fsp3) is 0.778. The highest BCUT2D eigenvalue weighted by Gasteiger charge is 2.17. The number of rotatable bonds is 11. The van der Waals surface area contributed by atoms with E-state index in [1.807, 2.05) is 0 Å². The Bertz CT molecular complexity index is 504. The molecule has 0 aliphatic heterocycles. The number of aliphatic imine (C=N–C) groups is 1. The minimum Gasteiger partial charge on any atom is -0.379 e. The Morgan fingerprint density at radius 2 is 1.85 bits per heavy atom. The van der Waals surface area contributed by atoms with Gasteiger partial charge in [-0.3, -0.25) is 4.99 Å². The van der Waals surface area contributed by atoms with E-state index in [2.05, 4.69) is 53.7 Å². The topological polar surface area (TPSA) is 67.8 Å². The molecule has 0 atom stereocenters. The SMILES string of the molecule is CCCCOCCOCCNC(=NC)NCc1nc(C(C)(C)C)cs1.I. The van der Waals surface area contributed by atoms with Gasteiger partial charge in [0.2, 0.25) is 0 Å². The van der Waals surface area contributed by atoms with Gasteiger partial charge in [0.1, 0.15) is 5.01 Å². The predicted molar refractivity (Wildman–Crippen MR) is 121 cm³/mol. The molecule has 0 saturated carbocycles. The van der Waals surface area contributed by atoms with Crippen LogP contribution < -0.4 is 10.6 Å². The highest BCUT2D eigenvalue weighted by atomic mass is 127. The van der Waals surface area contributed by atoms with Crippen molar-refractivity contribution in [3.63, 3.8) is 0 Å². The van der Waals surface area contributed by atoms with Gasteiger partial charge in [-0.05, 0) is 6.42 Å². The molecule has 26 heavy (non-hydrogen) atoms. The number of nitrogens with one attached hydrogen (secondary N) is 2. The van der Waals surface area contributed by atoms with Gasteiger partial charge in [-0.2, -0.15) is 0 Å². The molecule has 0 spiro atoms. The number of ether oxygens (including phenoxy) is 2. The van der Waals surface area contributed by atoms with Crippen molar-refractivity contribution in [2.24, 2.45) is 4.99 Å². The van der Waals surface area contributed by atoms with E-state index in [9.17, 15) is 0 Å². The van der Waals surface area contributed by atoms with Crippen LogP contribution in [-0.4, -0.2) is 51.0 Å². The summed E-state index contributed by atoms with van der Waals surface area (Å²) in [4.78, 5) is 8.89. The second-order valence-electron chi connectivity index (χ2n) is 6.81. The van der Waals surface area contributed by atoms with Gasteiger partial charge in [0, 0.05) is 31.0 Å². The Morgan fingerprint density at radius 3 is 2.42 bits per heavy atom. The summed E-state index contributed by atoms with van der Waals surface area (Å²) in [6.45, 7) is 12.8. The molecule has 0 aromatic carbocycles. The second kappa shape index (κ2) is 14.6. The maximum absolute atomic E-state index is 5.53. The van der Waals surface area contributed by atoms with Crippen LogP contribution in [0.15, 0.2) is 10.4 Å². The number of guanidine groups is 1. The molecule has 1 heterocycles. The second-order valence-corrected chi connectivity index (χ2v) is 7.75. The Labute approximate surface area is 179 Å². The quantitative estimate of drug-likeness (QED) is 0.211. The maximum atomic E-state index is 5.53. The van der Waals surface area contributed by atoms with Gasteiger partial charge in [0.05, 0.1) is 32.1 Å². The summed E-state index contributed by atoms with van der Waals surface area (Å²) < 4.78 is 11.0. The number of thiazole rings is 1. The first-order chi connectivity index (χ1) is 12.0. The van der Waals surface area contributed by atoms with Gasteiger partial charge in [0.25, 0.3) is 0 Å². The number of hydrogen-bond acceptors (Lipinski definition) is 5. The van der Waals surface area contributed by atoms with Crippen LogP contribution in [0.4, 0.5) is 0 Å². The summed E-state index contributed by atoms with van der Waals surface area (Å²) in [5.74, 6) is 0.760. The largest absolute Gasteiger partial charge is 0.379 e. The zero-order chi connectivity index (χ0) is 18.5. The summed E-state index contributed by atoms with van der Waals surface area (Å²) in [6, 6.07) is 0. The van der Waals surface area contributed by atoms with E-state index in [1.165, 1.54) is 0 Å². The monoisotopic (exact) mass is 498 g/mol. The van der Waals surface area contributed by atoms with Crippen LogP contribution in [0.5, 0.6) is 0 Å². The van der Waals surface area contributed by atoms with Crippen LogP contribution in [0.1, 0.15) is 51.2 Å². The van der Waals surface area contributed by atoms with E-state index in [4.69, 9.17) is 9.47 Å². The van der Waals surface area contributed by atoms with Crippen molar-refractivity contribution in [2.75, 3.05) is 40.0 Å². The Hall–Kier alpha value is -0.450. The molecule has 0 unspecified atom stereocenters. The van der Waals surface area contributed by atoms with Gasteiger partial charge < -0.3 is 20.1 Å². The molecule has 0 fully saturated rings. The van der Waals surface area contributed by atoms with E-state index in [-0.39, 0.29) is 29.4 Å². The molecule has 2 N–H and O–H groups in total. The smallest absolute Gasteiger partial charge is 0.191 e. The van der Waals surface area contributed by atoms with Gasteiger partial charge in [-0.1, -0.05) is 34.1 Å². The van der Waals surface area contributed by atoms with Gasteiger partial charge in [-0.15, -0.1) is 35.3 Å². The minimum atomic E-state index is 0. The molecule has 6 nitrogen and oxygen atoms in total. The normalized spacial score (nSPS) is 12.0. The molecule has 152 valence electrons. The van der Waals surface area contributed by atoms with E-state index >= 15 is 0 Å². The third-order valence-corrected chi connectivity index (χ3v) is 4.35. The Balaban J connectivity index is 0.00000625. The average molecular weight is 498 g/mol. The standard InChI is InChI=1S/C18H34N4O2S.HI/c1-6-7-9-23-11-12-24-10-8-20-17(19-5)21-13-16-22-15(14-25-16)18(2,3)4;/h14H,6-13H2,1-5H3,(H2,19,20,21);1H. The molecule has 0 aliphatic carbocycles. The highest BCUT2D eigenvalue weighted by molar-refractivity contribution is 14.0. The molecular formula is C18H35IN4O2S. The number of nitrogens with zero attached hydrogens (tertiary/aromatic N) is 2. The summed E-state index contributed by atoms with van der Waals surface area (Å²) in [5.41, 5.74) is 1.22. The van der Waals surface area contributed by atoms with Crippen LogP contribution >= 0.6 is 35.3 Å². The third-order valence-electron chi connectivity index (χ3n) is 3.50. The van der Waals surface area contributed by atoms with Crippen molar-refractivity contribution in [3.05, 3.63) is 16.1 Å². The Morgan fingerprint density at radius 1 is 1.15 bits per heavy atom. The molecule has 0 saturated heterocycles. The van der Waals surface area contributed by atoms with E-state index in [1.54, 1.807) is 18.4 Å². The van der Waals surface area contributed by atoms with Crippen molar-refractivity contribution >= 4 is 41.3 Å².